The van der Waals surface area contributed by atoms with Crippen LogP contribution in [0.5, 0.6) is 0 Å². The number of aryl methyl sites for hydroxylation is 2. The number of nitrogens with one attached hydrogen (secondary N) is 1. The van der Waals surface area contributed by atoms with E-state index in [1.807, 2.05) is 35.8 Å². The fraction of sp³-hybridized carbons (Fsp3) is 0.158. The largest absolute Gasteiger partial charge is 0.334 e. The number of anilines is 1. The van der Waals surface area contributed by atoms with E-state index in [-0.39, 0.29) is 5.91 Å². The second-order valence-electron chi connectivity index (χ2n) is 5.85. The monoisotopic (exact) mass is 347 g/mol. The van der Waals surface area contributed by atoms with Crippen molar-refractivity contribution in [1.29, 1.82) is 0 Å². The Morgan fingerprint density at radius 2 is 1.88 bits per heavy atom. The van der Waals surface area contributed by atoms with E-state index in [4.69, 9.17) is 4.52 Å². The smallest absolute Gasteiger partial charge is 0.257 e. The second kappa shape index (κ2) is 6.44. The Balaban J connectivity index is 1.59. The maximum atomic E-state index is 12.6. The summed E-state index contributed by atoms with van der Waals surface area (Å²) in [5.74, 6) is 1.32. The fourth-order valence-corrected chi connectivity index (χ4v) is 2.84. The van der Waals surface area contributed by atoms with E-state index in [0.717, 1.165) is 16.6 Å². The van der Waals surface area contributed by atoms with Gasteiger partial charge in [0.1, 0.15) is 0 Å². The number of hydrogen-bond donors (Lipinski definition) is 1. The Hall–Kier alpha value is -3.48. The number of rotatable bonds is 4. The summed E-state index contributed by atoms with van der Waals surface area (Å²) in [5, 5.41) is 6.66. The third-order valence-electron chi connectivity index (χ3n) is 4.12. The van der Waals surface area contributed by atoms with Crippen LogP contribution >= 0.6 is 0 Å². The first-order valence-corrected chi connectivity index (χ1v) is 8.33. The molecule has 0 saturated carbocycles. The van der Waals surface area contributed by atoms with E-state index < -0.39 is 0 Å². The summed E-state index contributed by atoms with van der Waals surface area (Å²) in [5.41, 5.74) is 3.14. The van der Waals surface area contributed by atoms with Gasteiger partial charge in [-0.15, -0.1) is 0 Å². The minimum Gasteiger partial charge on any atom is -0.334 e. The summed E-state index contributed by atoms with van der Waals surface area (Å²) in [7, 11) is 0. The third-order valence-corrected chi connectivity index (χ3v) is 4.12. The summed E-state index contributed by atoms with van der Waals surface area (Å²) in [4.78, 5) is 21.3. The molecule has 26 heavy (non-hydrogen) atoms. The number of benzene rings is 2. The minimum absolute atomic E-state index is 0.219. The summed E-state index contributed by atoms with van der Waals surface area (Å²) in [6, 6.07) is 14.8. The molecule has 0 spiro atoms. The lowest BCUT2D eigenvalue weighted by atomic mass is 10.1. The van der Waals surface area contributed by atoms with E-state index in [0.29, 0.717) is 29.8 Å². The maximum Gasteiger partial charge on any atom is 0.257 e. The van der Waals surface area contributed by atoms with E-state index in [2.05, 4.69) is 20.4 Å². The van der Waals surface area contributed by atoms with Crippen LogP contribution in [0.25, 0.3) is 22.5 Å². The molecule has 4 rings (SSSR count). The molecule has 1 amide bonds. The van der Waals surface area contributed by atoms with Gasteiger partial charge in [0.05, 0.1) is 11.0 Å². The van der Waals surface area contributed by atoms with Crippen LogP contribution in [0.15, 0.2) is 53.1 Å². The van der Waals surface area contributed by atoms with Gasteiger partial charge in [-0.1, -0.05) is 17.3 Å². The number of amides is 1. The van der Waals surface area contributed by atoms with Crippen LogP contribution < -0.4 is 5.32 Å². The van der Waals surface area contributed by atoms with Gasteiger partial charge < -0.3 is 9.09 Å². The van der Waals surface area contributed by atoms with Gasteiger partial charge in [0.25, 0.3) is 11.8 Å². The molecule has 7 nitrogen and oxygen atoms in total. The van der Waals surface area contributed by atoms with Gasteiger partial charge in [-0.2, -0.15) is 4.98 Å². The van der Waals surface area contributed by atoms with Crippen LogP contribution in [0.3, 0.4) is 0 Å². The average molecular weight is 347 g/mol. The topological polar surface area (TPSA) is 85.8 Å². The van der Waals surface area contributed by atoms with Crippen molar-refractivity contribution in [3.8, 4) is 11.5 Å². The van der Waals surface area contributed by atoms with Crippen LogP contribution in [-0.2, 0) is 6.54 Å². The van der Waals surface area contributed by atoms with Crippen molar-refractivity contribution in [3.05, 3.63) is 59.9 Å². The van der Waals surface area contributed by atoms with Crippen LogP contribution in [0.1, 0.15) is 23.1 Å². The first-order valence-electron chi connectivity index (χ1n) is 8.33. The van der Waals surface area contributed by atoms with Crippen LogP contribution in [0.2, 0.25) is 0 Å². The normalized spacial score (nSPS) is 11.0. The third kappa shape index (κ3) is 2.83. The highest BCUT2D eigenvalue weighted by Crippen LogP contribution is 2.21. The van der Waals surface area contributed by atoms with Gasteiger partial charge in [-0.25, -0.2) is 4.98 Å². The summed E-state index contributed by atoms with van der Waals surface area (Å²) in [6.45, 7) is 4.49. The molecular weight excluding hydrogens is 330 g/mol. The second-order valence-corrected chi connectivity index (χ2v) is 5.85. The highest BCUT2D eigenvalue weighted by atomic mass is 16.5. The van der Waals surface area contributed by atoms with Crippen molar-refractivity contribution in [3.63, 3.8) is 0 Å². The minimum atomic E-state index is -0.219. The standard InChI is InChI=1S/C19H17N5O2/c1-3-24-16-7-5-4-6-15(16)21-19(24)22-17(25)13-8-10-14(11-9-13)18-20-12(2)23-26-18/h4-11H,3H2,1-2H3,(H,21,22,25). The molecule has 0 aliphatic rings. The van der Waals surface area contributed by atoms with Gasteiger partial charge in [-0.05, 0) is 50.2 Å². The predicted molar refractivity (Wildman–Crippen MR) is 97.8 cm³/mol. The van der Waals surface area contributed by atoms with Gasteiger partial charge in [0.15, 0.2) is 5.82 Å². The zero-order valence-electron chi connectivity index (χ0n) is 14.4. The van der Waals surface area contributed by atoms with Gasteiger partial charge in [0.2, 0.25) is 5.95 Å². The number of aromatic nitrogens is 4. The van der Waals surface area contributed by atoms with Gasteiger partial charge >= 0.3 is 0 Å². The maximum absolute atomic E-state index is 12.6. The molecule has 0 atom stereocenters. The Morgan fingerprint density at radius 1 is 1.12 bits per heavy atom. The molecule has 0 radical (unpaired) electrons. The fourth-order valence-electron chi connectivity index (χ4n) is 2.84. The SMILES string of the molecule is CCn1c(NC(=O)c2ccc(-c3nc(C)no3)cc2)nc2ccccc21. The summed E-state index contributed by atoms with van der Waals surface area (Å²) >= 11 is 0. The Labute approximate surface area is 149 Å². The molecule has 0 unspecified atom stereocenters. The van der Waals surface area contributed by atoms with Crippen LogP contribution in [0, 0.1) is 6.92 Å². The molecule has 0 saturated heterocycles. The molecule has 2 aromatic heterocycles. The Morgan fingerprint density at radius 3 is 2.58 bits per heavy atom. The lowest BCUT2D eigenvalue weighted by Gasteiger charge is -2.08. The molecular formula is C19H17N5O2. The molecule has 1 N–H and O–H groups in total. The molecule has 0 aliphatic carbocycles. The molecule has 0 fully saturated rings. The first kappa shape index (κ1) is 16.0. The number of carbonyl (C=O) groups is 1. The first-order chi connectivity index (χ1) is 12.7. The van der Waals surface area contributed by atoms with Crippen molar-refractivity contribution >= 4 is 22.9 Å². The molecule has 4 aromatic rings. The average Bonchev–Trinajstić information content (AvgIpc) is 3.24. The summed E-state index contributed by atoms with van der Waals surface area (Å²) < 4.78 is 7.11. The van der Waals surface area contributed by atoms with Crippen molar-refractivity contribution in [2.45, 2.75) is 20.4 Å². The number of hydrogen-bond acceptors (Lipinski definition) is 5. The highest BCUT2D eigenvalue weighted by Gasteiger charge is 2.14. The zero-order chi connectivity index (χ0) is 18.1. The van der Waals surface area contributed by atoms with Crippen molar-refractivity contribution in [2.75, 3.05) is 5.32 Å². The Kier molecular flexibility index (Phi) is 3.96. The van der Waals surface area contributed by atoms with Crippen LogP contribution in [0.4, 0.5) is 5.95 Å². The molecule has 2 aromatic carbocycles. The molecule has 2 heterocycles. The molecule has 130 valence electrons. The number of para-hydroxylation sites is 2. The van der Waals surface area contributed by atoms with Gasteiger partial charge in [-0.3, -0.25) is 10.1 Å². The van der Waals surface area contributed by atoms with Crippen molar-refractivity contribution in [2.24, 2.45) is 0 Å². The van der Waals surface area contributed by atoms with E-state index in [9.17, 15) is 4.79 Å². The number of imidazole rings is 1. The molecule has 0 aliphatic heterocycles. The lowest BCUT2D eigenvalue weighted by molar-refractivity contribution is 0.102. The van der Waals surface area contributed by atoms with Gasteiger partial charge in [0, 0.05) is 17.7 Å². The van der Waals surface area contributed by atoms with Crippen LogP contribution in [-0.4, -0.2) is 25.6 Å². The molecule has 0 bridgehead atoms. The number of nitrogens with zero attached hydrogens (tertiary/aromatic N) is 4. The van der Waals surface area contributed by atoms with E-state index in [1.54, 1.807) is 31.2 Å². The quantitative estimate of drug-likeness (QED) is 0.609. The Bertz CT molecular complexity index is 1080. The number of fused-ring (bicyclic) bond motifs is 1. The van der Waals surface area contributed by atoms with E-state index >= 15 is 0 Å². The van der Waals surface area contributed by atoms with Crippen molar-refractivity contribution < 1.29 is 9.32 Å². The summed E-state index contributed by atoms with van der Waals surface area (Å²) in [6.07, 6.45) is 0. The number of carbonyl (C=O) groups excluding carboxylic acids is 1. The predicted octanol–water partition coefficient (Wildman–Crippen LogP) is 3.67. The molecule has 7 heteroatoms. The lowest BCUT2D eigenvalue weighted by Crippen LogP contribution is -2.15. The van der Waals surface area contributed by atoms with E-state index in [1.165, 1.54) is 0 Å². The zero-order valence-corrected chi connectivity index (χ0v) is 14.4. The highest BCUT2D eigenvalue weighted by molar-refractivity contribution is 6.04. The van der Waals surface area contributed by atoms with Crippen molar-refractivity contribution in [1.82, 2.24) is 19.7 Å².